The summed E-state index contributed by atoms with van der Waals surface area (Å²) in [5.41, 5.74) is 0. The molecule has 2 nitrogen and oxygen atoms in total. The molecule has 1 atom stereocenters. The van der Waals surface area contributed by atoms with Crippen LogP contribution in [0, 0.1) is 5.92 Å². The molecule has 1 unspecified atom stereocenters. The first-order valence-corrected chi connectivity index (χ1v) is 5.87. The largest absolute Gasteiger partial charge is 0.374 e. The monoisotopic (exact) mass is 192 g/mol. The van der Waals surface area contributed by atoms with E-state index in [1.165, 1.54) is 44.4 Å². The molecule has 1 aliphatic heterocycles. The number of allylic oxidation sites excluding steroid dienone is 2. The van der Waals surface area contributed by atoms with Gasteiger partial charge in [0.05, 0.1) is 5.84 Å². The van der Waals surface area contributed by atoms with Gasteiger partial charge in [0.15, 0.2) is 0 Å². The Morgan fingerprint density at radius 3 is 3.07 bits per heavy atom. The van der Waals surface area contributed by atoms with Crippen LogP contribution >= 0.6 is 0 Å². The van der Waals surface area contributed by atoms with Crippen molar-refractivity contribution in [3.63, 3.8) is 0 Å². The Morgan fingerprint density at radius 1 is 1.36 bits per heavy atom. The Balaban J connectivity index is 1.70. The molecule has 0 bridgehead atoms. The van der Waals surface area contributed by atoms with E-state index in [1.54, 1.807) is 0 Å². The van der Waals surface area contributed by atoms with Crippen LogP contribution in [0.2, 0.25) is 0 Å². The van der Waals surface area contributed by atoms with Crippen LogP contribution < -0.4 is 5.32 Å². The highest BCUT2D eigenvalue weighted by Gasteiger charge is 2.11. The van der Waals surface area contributed by atoms with Gasteiger partial charge in [0, 0.05) is 19.5 Å². The molecule has 1 N–H and O–H groups in total. The van der Waals surface area contributed by atoms with Gasteiger partial charge in [-0.2, -0.15) is 0 Å². The summed E-state index contributed by atoms with van der Waals surface area (Å²) in [6.07, 6.45) is 12.2. The summed E-state index contributed by atoms with van der Waals surface area (Å²) >= 11 is 0. The van der Waals surface area contributed by atoms with E-state index in [9.17, 15) is 0 Å². The van der Waals surface area contributed by atoms with Gasteiger partial charge in [-0.3, -0.25) is 4.99 Å². The smallest absolute Gasteiger partial charge is 0.0963 e. The Hall–Kier alpha value is -0.790. The molecule has 0 aromatic carbocycles. The van der Waals surface area contributed by atoms with E-state index in [2.05, 4.69) is 22.5 Å². The van der Waals surface area contributed by atoms with Crippen molar-refractivity contribution in [3.05, 3.63) is 12.2 Å². The maximum Gasteiger partial charge on any atom is 0.0963 e. The molecule has 1 heterocycles. The first-order valence-electron chi connectivity index (χ1n) is 5.87. The fraction of sp³-hybridized carbons (Fsp3) is 0.750. The molecule has 0 aromatic rings. The van der Waals surface area contributed by atoms with Gasteiger partial charge in [0.1, 0.15) is 0 Å². The topological polar surface area (TPSA) is 24.4 Å². The van der Waals surface area contributed by atoms with E-state index in [0.29, 0.717) is 0 Å². The van der Waals surface area contributed by atoms with Crippen molar-refractivity contribution in [2.45, 2.75) is 38.5 Å². The molecule has 0 spiro atoms. The van der Waals surface area contributed by atoms with Gasteiger partial charge >= 0.3 is 0 Å². The van der Waals surface area contributed by atoms with Crippen molar-refractivity contribution >= 4 is 5.84 Å². The Kier molecular flexibility index (Phi) is 3.61. The maximum atomic E-state index is 4.50. The second-order valence-corrected chi connectivity index (χ2v) is 4.32. The molecule has 14 heavy (non-hydrogen) atoms. The second-order valence-electron chi connectivity index (χ2n) is 4.32. The van der Waals surface area contributed by atoms with Gasteiger partial charge in [-0.05, 0) is 38.0 Å². The van der Waals surface area contributed by atoms with Gasteiger partial charge in [-0.25, -0.2) is 0 Å². The second kappa shape index (κ2) is 5.18. The van der Waals surface area contributed by atoms with E-state index in [4.69, 9.17) is 0 Å². The van der Waals surface area contributed by atoms with Crippen LogP contribution in [-0.2, 0) is 0 Å². The van der Waals surface area contributed by atoms with Crippen molar-refractivity contribution < 1.29 is 0 Å². The van der Waals surface area contributed by atoms with E-state index in [1.807, 2.05) is 0 Å². The van der Waals surface area contributed by atoms with Crippen molar-refractivity contribution in [1.82, 2.24) is 5.32 Å². The summed E-state index contributed by atoms with van der Waals surface area (Å²) < 4.78 is 0. The molecule has 2 rings (SSSR count). The van der Waals surface area contributed by atoms with Crippen LogP contribution in [0.1, 0.15) is 38.5 Å². The highest BCUT2D eigenvalue weighted by Crippen LogP contribution is 2.17. The maximum absolute atomic E-state index is 4.50. The van der Waals surface area contributed by atoms with Crippen molar-refractivity contribution in [2.24, 2.45) is 10.9 Å². The first kappa shape index (κ1) is 9.75. The minimum Gasteiger partial charge on any atom is -0.374 e. The molecule has 0 saturated carbocycles. The molecule has 0 fully saturated rings. The third-order valence-corrected chi connectivity index (χ3v) is 3.10. The lowest BCUT2D eigenvalue weighted by Crippen LogP contribution is -2.31. The molecule has 2 aliphatic rings. The van der Waals surface area contributed by atoms with E-state index < -0.39 is 0 Å². The molecule has 0 radical (unpaired) electrons. The van der Waals surface area contributed by atoms with Crippen LogP contribution in [-0.4, -0.2) is 18.9 Å². The third kappa shape index (κ3) is 2.86. The van der Waals surface area contributed by atoms with Gasteiger partial charge in [0.2, 0.25) is 0 Å². The minimum atomic E-state index is 0.838. The van der Waals surface area contributed by atoms with Gasteiger partial charge < -0.3 is 5.32 Å². The Bertz CT molecular complexity index is 230. The zero-order valence-electron chi connectivity index (χ0n) is 8.84. The number of hydrogen-bond donors (Lipinski definition) is 1. The first-order chi connectivity index (χ1) is 6.95. The highest BCUT2D eigenvalue weighted by molar-refractivity contribution is 5.82. The molecular weight excluding hydrogens is 172 g/mol. The normalized spacial score (nSPS) is 27.1. The molecule has 0 aromatic heterocycles. The van der Waals surface area contributed by atoms with Crippen molar-refractivity contribution in [3.8, 4) is 0 Å². The van der Waals surface area contributed by atoms with Gasteiger partial charge in [0.25, 0.3) is 0 Å². The number of aliphatic imine (C=N–C) groups is 1. The van der Waals surface area contributed by atoms with Crippen molar-refractivity contribution in [1.29, 1.82) is 0 Å². The lowest BCUT2D eigenvalue weighted by molar-refractivity contribution is 0.469. The summed E-state index contributed by atoms with van der Waals surface area (Å²) in [5, 5.41) is 3.51. The van der Waals surface area contributed by atoms with Gasteiger partial charge in [-0.1, -0.05) is 12.2 Å². The molecule has 0 amide bonds. The third-order valence-electron chi connectivity index (χ3n) is 3.10. The fourth-order valence-electron chi connectivity index (χ4n) is 2.15. The lowest BCUT2D eigenvalue weighted by atomic mass is 9.94. The standard InChI is InChI=1S/C12H20N2/c1-2-6-11(7-3-1)10-14-12-8-4-5-9-13-12/h1-2,11H,3-10H2,(H,13,14). The SMILES string of the molecule is C1=CCC(CNC2=NCCCC2)CC1. The van der Waals surface area contributed by atoms with E-state index in [0.717, 1.165) is 19.0 Å². The zero-order chi connectivity index (χ0) is 9.64. The quantitative estimate of drug-likeness (QED) is 0.668. The average molecular weight is 192 g/mol. The van der Waals surface area contributed by atoms with E-state index in [-0.39, 0.29) is 0 Å². The Labute approximate surface area is 86.5 Å². The van der Waals surface area contributed by atoms with Crippen molar-refractivity contribution in [2.75, 3.05) is 13.1 Å². The average Bonchev–Trinajstić information content (AvgIpc) is 2.29. The fourth-order valence-corrected chi connectivity index (χ4v) is 2.15. The summed E-state index contributed by atoms with van der Waals surface area (Å²) in [4.78, 5) is 4.50. The number of hydrogen-bond acceptors (Lipinski definition) is 2. The number of rotatable bonds is 2. The summed E-state index contributed by atoms with van der Waals surface area (Å²) in [5.74, 6) is 2.09. The zero-order valence-corrected chi connectivity index (χ0v) is 8.84. The Morgan fingerprint density at radius 2 is 2.36 bits per heavy atom. The number of amidine groups is 1. The summed E-state index contributed by atoms with van der Waals surface area (Å²) in [6.45, 7) is 2.16. The lowest BCUT2D eigenvalue weighted by Gasteiger charge is -2.20. The molecule has 0 saturated heterocycles. The predicted molar refractivity (Wildman–Crippen MR) is 60.6 cm³/mol. The number of nitrogens with one attached hydrogen (secondary N) is 1. The minimum absolute atomic E-state index is 0.838. The summed E-state index contributed by atoms with van der Waals surface area (Å²) in [7, 11) is 0. The van der Waals surface area contributed by atoms with Crippen LogP contribution in [0.4, 0.5) is 0 Å². The predicted octanol–water partition coefficient (Wildman–Crippen LogP) is 2.51. The summed E-state index contributed by atoms with van der Waals surface area (Å²) in [6, 6.07) is 0. The van der Waals surface area contributed by atoms with Crippen LogP contribution in [0.15, 0.2) is 17.1 Å². The molecule has 1 aliphatic carbocycles. The molecule has 2 heteroatoms. The van der Waals surface area contributed by atoms with E-state index >= 15 is 0 Å². The van der Waals surface area contributed by atoms with Gasteiger partial charge in [-0.15, -0.1) is 0 Å². The molecular formula is C12H20N2. The van der Waals surface area contributed by atoms with Crippen LogP contribution in [0.25, 0.3) is 0 Å². The number of nitrogens with zero attached hydrogens (tertiary/aromatic N) is 1. The van der Waals surface area contributed by atoms with Crippen LogP contribution in [0.3, 0.4) is 0 Å². The highest BCUT2D eigenvalue weighted by atomic mass is 15.0. The molecule has 78 valence electrons. The van der Waals surface area contributed by atoms with Crippen LogP contribution in [0.5, 0.6) is 0 Å².